The first-order valence-electron chi connectivity index (χ1n) is 30.4. The lowest BCUT2D eigenvalue weighted by Gasteiger charge is -2.18. The Balaban J connectivity index is 4.10. The smallest absolute Gasteiger partial charge is 0.306 e. The Labute approximate surface area is 450 Å². The molecular weight excluding hydrogens is 901 g/mol. The van der Waals surface area contributed by atoms with Crippen molar-refractivity contribution >= 4 is 17.9 Å². The van der Waals surface area contributed by atoms with Crippen molar-refractivity contribution in [1.82, 2.24) is 0 Å². The first-order valence-corrected chi connectivity index (χ1v) is 30.4. The van der Waals surface area contributed by atoms with Crippen LogP contribution in [0.2, 0.25) is 0 Å². The lowest BCUT2D eigenvalue weighted by Crippen LogP contribution is -2.30. The maximum absolute atomic E-state index is 12.8. The Kier molecular flexibility index (Phi) is 57.4. The summed E-state index contributed by atoms with van der Waals surface area (Å²) in [6.45, 7) is 6.37. The molecule has 0 aromatic heterocycles. The van der Waals surface area contributed by atoms with Crippen LogP contribution in [0.4, 0.5) is 0 Å². The van der Waals surface area contributed by atoms with Gasteiger partial charge in [0, 0.05) is 19.3 Å². The highest BCUT2D eigenvalue weighted by atomic mass is 16.6. The third-order valence-electron chi connectivity index (χ3n) is 12.8. The molecule has 0 rings (SSSR count). The summed E-state index contributed by atoms with van der Waals surface area (Å²) in [6.07, 6.45) is 82.6. The molecule has 0 aliphatic heterocycles. The molecule has 0 radical (unpaired) electrons. The second-order valence-electron chi connectivity index (χ2n) is 19.9. The van der Waals surface area contributed by atoms with E-state index in [0.29, 0.717) is 19.3 Å². The fraction of sp³-hybridized carbons (Fsp3) is 0.687. The van der Waals surface area contributed by atoms with Crippen LogP contribution < -0.4 is 0 Å². The van der Waals surface area contributed by atoms with Gasteiger partial charge >= 0.3 is 17.9 Å². The van der Waals surface area contributed by atoms with Crippen LogP contribution in [0.25, 0.3) is 0 Å². The molecule has 0 saturated carbocycles. The molecule has 0 aromatic carbocycles. The topological polar surface area (TPSA) is 78.9 Å². The van der Waals surface area contributed by atoms with Crippen LogP contribution in [0.3, 0.4) is 0 Å². The van der Waals surface area contributed by atoms with Gasteiger partial charge in [-0.25, -0.2) is 0 Å². The predicted molar refractivity (Wildman–Crippen MR) is 316 cm³/mol. The highest BCUT2D eigenvalue weighted by Gasteiger charge is 2.19. The molecule has 0 aromatic rings. The van der Waals surface area contributed by atoms with Gasteiger partial charge in [-0.2, -0.15) is 0 Å². The van der Waals surface area contributed by atoms with Crippen LogP contribution in [0.1, 0.15) is 278 Å². The Bertz CT molecular complexity index is 1490. The number of esters is 3. The molecule has 0 heterocycles. The van der Waals surface area contributed by atoms with Crippen LogP contribution in [-0.2, 0) is 28.6 Å². The number of hydrogen-bond acceptors (Lipinski definition) is 6. The van der Waals surface area contributed by atoms with E-state index in [4.69, 9.17) is 14.2 Å². The SMILES string of the molecule is CC/C=C\C/C=C\C/C=C\C/C=C\C/C=C\C/C=C\CCCCCCCCCCCCCCCCC(=O)OCC(COC(=O)CCCCCCCCCCC)OC(=O)CCCCC/C=C\C/C=C\C/C=C\CC. The zero-order valence-electron chi connectivity index (χ0n) is 47.6. The van der Waals surface area contributed by atoms with Crippen molar-refractivity contribution in [3.8, 4) is 0 Å². The quantitative estimate of drug-likeness (QED) is 0.0261. The fourth-order valence-corrected chi connectivity index (χ4v) is 8.28. The molecular formula is C67H112O6. The monoisotopic (exact) mass is 1010 g/mol. The minimum atomic E-state index is -0.790. The molecule has 6 heteroatoms. The molecule has 0 spiro atoms. The highest BCUT2D eigenvalue weighted by Crippen LogP contribution is 2.16. The van der Waals surface area contributed by atoms with E-state index in [-0.39, 0.29) is 31.1 Å². The van der Waals surface area contributed by atoms with Gasteiger partial charge in [-0.3, -0.25) is 14.4 Å². The summed E-state index contributed by atoms with van der Waals surface area (Å²) in [4.78, 5) is 38.0. The number of rotatable bonds is 54. The number of carbonyl (C=O) groups is 3. The van der Waals surface area contributed by atoms with Gasteiger partial charge in [0.1, 0.15) is 13.2 Å². The second-order valence-corrected chi connectivity index (χ2v) is 19.9. The third kappa shape index (κ3) is 58.8. The average molecular weight is 1010 g/mol. The van der Waals surface area contributed by atoms with Crippen molar-refractivity contribution in [2.24, 2.45) is 0 Å². The number of carbonyl (C=O) groups excluding carboxylic acids is 3. The Hall–Kier alpha value is -3.93. The number of ether oxygens (including phenoxy) is 3. The summed E-state index contributed by atoms with van der Waals surface area (Å²) < 4.78 is 16.8. The molecule has 0 aliphatic carbocycles. The van der Waals surface area contributed by atoms with E-state index in [2.05, 4.69) is 130 Å². The molecule has 0 aliphatic rings. The zero-order valence-corrected chi connectivity index (χ0v) is 47.6. The number of unbranched alkanes of at least 4 members (excludes halogenated alkanes) is 25. The van der Waals surface area contributed by atoms with Crippen LogP contribution in [-0.4, -0.2) is 37.2 Å². The van der Waals surface area contributed by atoms with Gasteiger partial charge in [-0.05, 0) is 103 Å². The van der Waals surface area contributed by atoms with Crippen molar-refractivity contribution in [2.75, 3.05) is 13.2 Å². The normalized spacial score (nSPS) is 12.9. The predicted octanol–water partition coefficient (Wildman–Crippen LogP) is 20.7. The third-order valence-corrected chi connectivity index (χ3v) is 12.8. The number of allylic oxidation sites excluding steroid dienone is 18. The zero-order chi connectivity index (χ0) is 52.9. The molecule has 0 saturated heterocycles. The first kappa shape index (κ1) is 69.1. The molecule has 416 valence electrons. The molecule has 0 N–H and O–H groups in total. The van der Waals surface area contributed by atoms with Crippen molar-refractivity contribution < 1.29 is 28.6 Å². The van der Waals surface area contributed by atoms with E-state index in [9.17, 15) is 14.4 Å². The van der Waals surface area contributed by atoms with E-state index in [1.165, 1.54) is 116 Å². The Morgan fingerprint density at radius 3 is 0.849 bits per heavy atom. The fourth-order valence-electron chi connectivity index (χ4n) is 8.28. The minimum absolute atomic E-state index is 0.0876. The van der Waals surface area contributed by atoms with Gasteiger partial charge in [0.25, 0.3) is 0 Å². The van der Waals surface area contributed by atoms with Crippen LogP contribution in [0, 0.1) is 0 Å². The maximum atomic E-state index is 12.8. The summed E-state index contributed by atoms with van der Waals surface area (Å²) in [5.41, 5.74) is 0. The Morgan fingerprint density at radius 1 is 0.288 bits per heavy atom. The summed E-state index contributed by atoms with van der Waals surface area (Å²) in [5, 5.41) is 0. The molecule has 73 heavy (non-hydrogen) atoms. The van der Waals surface area contributed by atoms with Gasteiger partial charge in [-0.1, -0.05) is 265 Å². The van der Waals surface area contributed by atoms with E-state index in [1.54, 1.807) is 0 Å². The maximum Gasteiger partial charge on any atom is 0.306 e. The van der Waals surface area contributed by atoms with Gasteiger partial charge in [0.2, 0.25) is 0 Å². The van der Waals surface area contributed by atoms with Gasteiger partial charge < -0.3 is 14.2 Å². The van der Waals surface area contributed by atoms with Crippen LogP contribution >= 0.6 is 0 Å². The summed E-state index contributed by atoms with van der Waals surface area (Å²) in [5.74, 6) is -0.918. The summed E-state index contributed by atoms with van der Waals surface area (Å²) in [6, 6.07) is 0. The minimum Gasteiger partial charge on any atom is -0.462 e. The Morgan fingerprint density at radius 2 is 0.534 bits per heavy atom. The molecule has 1 unspecified atom stereocenters. The van der Waals surface area contributed by atoms with Crippen LogP contribution in [0.5, 0.6) is 0 Å². The summed E-state index contributed by atoms with van der Waals surface area (Å²) in [7, 11) is 0. The molecule has 0 bridgehead atoms. The molecule has 6 nitrogen and oxygen atoms in total. The highest BCUT2D eigenvalue weighted by molar-refractivity contribution is 5.71. The van der Waals surface area contributed by atoms with Crippen molar-refractivity contribution in [3.05, 3.63) is 109 Å². The lowest BCUT2D eigenvalue weighted by atomic mass is 10.0. The lowest BCUT2D eigenvalue weighted by molar-refractivity contribution is -0.167. The van der Waals surface area contributed by atoms with Crippen molar-refractivity contribution in [3.63, 3.8) is 0 Å². The van der Waals surface area contributed by atoms with E-state index in [1.807, 2.05) is 0 Å². The number of hydrogen-bond donors (Lipinski definition) is 0. The van der Waals surface area contributed by atoms with E-state index < -0.39 is 6.10 Å². The van der Waals surface area contributed by atoms with Gasteiger partial charge in [0.05, 0.1) is 0 Å². The van der Waals surface area contributed by atoms with E-state index in [0.717, 1.165) is 122 Å². The molecule has 0 fully saturated rings. The standard InChI is InChI=1S/C67H112O6/c1-4-7-10-13-16-19-21-23-24-25-26-27-28-29-30-31-32-33-34-35-36-37-38-39-40-41-42-44-45-48-51-54-57-60-66(69)72-63-64(62-71-65(68)59-56-53-50-47-18-15-12-9-6-3)73-67(70)61-58-55-52-49-46-43-22-20-17-14-11-8-5-2/h7-8,10-11,16-17,19-20,23-24,26-27,29-30,32-33,43,46,64H,4-6,9,12-15,18,21-22,25,28,31,34-42,44-45,47-63H2,1-3H3/b10-7-,11-8-,19-16-,20-17-,24-23-,27-26-,30-29-,33-32-,46-43-. The average Bonchev–Trinajstić information content (AvgIpc) is 3.39. The molecule has 0 amide bonds. The summed E-state index contributed by atoms with van der Waals surface area (Å²) >= 11 is 0. The van der Waals surface area contributed by atoms with Gasteiger partial charge in [0.15, 0.2) is 6.10 Å². The molecule has 1 atom stereocenters. The van der Waals surface area contributed by atoms with Gasteiger partial charge in [-0.15, -0.1) is 0 Å². The van der Waals surface area contributed by atoms with E-state index >= 15 is 0 Å². The second kappa shape index (κ2) is 60.6. The largest absolute Gasteiger partial charge is 0.462 e. The van der Waals surface area contributed by atoms with Crippen LogP contribution in [0.15, 0.2) is 109 Å². The first-order chi connectivity index (χ1) is 36.0. The van der Waals surface area contributed by atoms with Crippen molar-refractivity contribution in [1.29, 1.82) is 0 Å². The van der Waals surface area contributed by atoms with Crippen molar-refractivity contribution in [2.45, 2.75) is 284 Å².